The number of carbonyl (C=O) groups is 2. The van der Waals surface area contributed by atoms with E-state index in [1.54, 1.807) is 30.5 Å². The second-order valence-corrected chi connectivity index (χ2v) is 7.93. The molecular formula is C21H19ClN4O2S. The van der Waals surface area contributed by atoms with Gasteiger partial charge in [-0.2, -0.15) is 5.10 Å². The average Bonchev–Trinajstić information content (AvgIpc) is 3.03. The van der Waals surface area contributed by atoms with Gasteiger partial charge in [0.25, 0.3) is 0 Å². The first-order chi connectivity index (χ1) is 14.0. The van der Waals surface area contributed by atoms with E-state index in [0.717, 1.165) is 11.1 Å². The fourth-order valence-electron chi connectivity index (χ4n) is 2.52. The highest BCUT2D eigenvalue weighted by atomic mass is 35.5. The van der Waals surface area contributed by atoms with Crippen LogP contribution in [0, 0.1) is 0 Å². The zero-order chi connectivity index (χ0) is 20.6. The predicted molar refractivity (Wildman–Crippen MR) is 120 cm³/mol. The van der Waals surface area contributed by atoms with E-state index in [2.05, 4.69) is 20.8 Å². The third-order valence-electron chi connectivity index (χ3n) is 3.88. The molecular weight excluding hydrogens is 408 g/mol. The van der Waals surface area contributed by atoms with E-state index in [-0.39, 0.29) is 18.2 Å². The van der Waals surface area contributed by atoms with Crippen molar-refractivity contribution in [3.05, 3.63) is 70.8 Å². The lowest BCUT2D eigenvalue weighted by Gasteiger charge is -2.07. The standard InChI is InChI=1S/C21H19ClN4O2S/c1-14(11-15-5-3-2-4-6-15)13-23-26-21-25-20(28)18(29-21)12-19(27)24-17-9-7-16(22)8-10-17/h2-11,13,18H,12H2,1H3,(H,24,27)(H,25,26,28)/b14-11-,23-13-. The van der Waals surface area contributed by atoms with E-state index < -0.39 is 5.25 Å². The Balaban J connectivity index is 1.53. The summed E-state index contributed by atoms with van der Waals surface area (Å²) in [4.78, 5) is 24.3. The van der Waals surface area contributed by atoms with Gasteiger partial charge in [0.15, 0.2) is 5.17 Å². The fraction of sp³-hybridized carbons (Fsp3) is 0.143. The number of carbonyl (C=O) groups excluding carboxylic acids is 2. The molecule has 1 fully saturated rings. The van der Waals surface area contributed by atoms with Crippen molar-refractivity contribution in [2.75, 3.05) is 5.32 Å². The Morgan fingerprint density at radius 2 is 1.93 bits per heavy atom. The zero-order valence-electron chi connectivity index (χ0n) is 15.6. The molecule has 1 aliphatic heterocycles. The molecule has 2 aromatic carbocycles. The molecule has 6 nitrogen and oxygen atoms in total. The molecule has 1 aliphatic rings. The Morgan fingerprint density at radius 3 is 2.66 bits per heavy atom. The number of anilines is 1. The Morgan fingerprint density at radius 1 is 1.21 bits per heavy atom. The Labute approximate surface area is 178 Å². The summed E-state index contributed by atoms with van der Waals surface area (Å²) in [6, 6.07) is 16.7. The number of allylic oxidation sites excluding steroid dienone is 1. The van der Waals surface area contributed by atoms with Crippen LogP contribution in [0.15, 0.2) is 70.4 Å². The van der Waals surface area contributed by atoms with Gasteiger partial charge in [-0.1, -0.05) is 59.8 Å². The summed E-state index contributed by atoms with van der Waals surface area (Å²) in [5, 5.41) is 13.9. The van der Waals surface area contributed by atoms with E-state index >= 15 is 0 Å². The van der Waals surface area contributed by atoms with Crippen LogP contribution < -0.4 is 10.6 Å². The number of halogens is 1. The highest BCUT2D eigenvalue weighted by molar-refractivity contribution is 8.15. The Hall–Kier alpha value is -2.90. The van der Waals surface area contributed by atoms with Gasteiger partial charge in [-0.25, -0.2) is 0 Å². The lowest BCUT2D eigenvalue weighted by molar-refractivity contribution is -0.122. The van der Waals surface area contributed by atoms with E-state index in [1.807, 2.05) is 43.3 Å². The summed E-state index contributed by atoms with van der Waals surface area (Å²) in [5.41, 5.74) is 2.62. The monoisotopic (exact) mass is 426 g/mol. The first kappa shape index (κ1) is 20.8. The van der Waals surface area contributed by atoms with Crippen LogP contribution in [-0.2, 0) is 9.59 Å². The quantitative estimate of drug-likeness (QED) is 0.532. The summed E-state index contributed by atoms with van der Waals surface area (Å²) < 4.78 is 0. The summed E-state index contributed by atoms with van der Waals surface area (Å²) in [6.45, 7) is 1.92. The van der Waals surface area contributed by atoms with E-state index in [1.165, 1.54) is 11.8 Å². The van der Waals surface area contributed by atoms with Crippen LogP contribution in [-0.4, -0.2) is 28.4 Å². The molecule has 148 valence electrons. The summed E-state index contributed by atoms with van der Waals surface area (Å²) in [5.74, 6) is -0.516. The van der Waals surface area contributed by atoms with Crippen molar-refractivity contribution >= 4 is 58.3 Å². The third-order valence-corrected chi connectivity index (χ3v) is 5.20. The van der Waals surface area contributed by atoms with Gasteiger partial charge in [0, 0.05) is 17.1 Å². The van der Waals surface area contributed by atoms with Crippen LogP contribution >= 0.6 is 23.4 Å². The molecule has 0 aliphatic carbocycles. The largest absolute Gasteiger partial charge is 0.326 e. The van der Waals surface area contributed by atoms with Crippen LogP contribution in [0.2, 0.25) is 5.02 Å². The van der Waals surface area contributed by atoms with Crippen LogP contribution in [0.4, 0.5) is 5.69 Å². The number of hydrogen-bond acceptors (Lipinski definition) is 5. The van der Waals surface area contributed by atoms with Gasteiger partial charge >= 0.3 is 0 Å². The Kier molecular flexibility index (Phi) is 7.21. The predicted octanol–water partition coefficient (Wildman–Crippen LogP) is 4.35. The molecule has 1 atom stereocenters. The summed E-state index contributed by atoms with van der Waals surface area (Å²) in [6.07, 6.45) is 3.63. The normalized spacial score (nSPS) is 18.3. The highest BCUT2D eigenvalue weighted by Gasteiger charge is 2.32. The number of amides is 2. The van der Waals surface area contributed by atoms with Gasteiger partial charge in [-0.3, -0.25) is 9.59 Å². The van der Waals surface area contributed by atoms with Crippen LogP contribution in [0.5, 0.6) is 0 Å². The third kappa shape index (κ3) is 6.58. The van der Waals surface area contributed by atoms with E-state index in [4.69, 9.17) is 11.6 Å². The van der Waals surface area contributed by atoms with Crippen LogP contribution in [0.3, 0.4) is 0 Å². The number of hydrogen-bond donors (Lipinski definition) is 2. The van der Waals surface area contributed by atoms with Gasteiger partial charge in [0.1, 0.15) is 5.25 Å². The lowest BCUT2D eigenvalue weighted by atomic mass is 10.1. The maximum absolute atomic E-state index is 12.2. The molecule has 0 radical (unpaired) electrons. The van der Waals surface area contributed by atoms with Crippen LogP contribution in [0.25, 0.3) is 6.08 Å². The van der Waals surface area contributed by atoms with Gasteiger partial charge < -0.3 is 10.6 Å². The van der Waals surface area contributed by atoms with Gasteiger partial charge in [-0.05, 0) is 42.3 Å². The average molecular weight is 427 g/mol. The fourth-order valence-corrected chi connectivity index (χ4v) is 3.57. The number of nitrogens with zero attached hydrogens (tertiary/aromatic N) is 2. The smallest absolute Gasteiger partial charge is 0.240 e. The maximum atomic E-state index is 12.2. The minimum Gasteiger partial charge on any atom is -0.326 e. The first-order valence-corrected chi connectivity index (χ1v) is 10.1. The van der Waals surface area contributed by atoms with Gasteiger partial charge in [-0.15, -0.1) is 5.10 Å². The van der Waals surface area contributed by atoms with Crippen molar-refractivity contribution in [3.63, 3.8) is 0 Å². The molecule has 2 aromatic rings. The number of nitrogens with one attached hydrogen (secondary N) is 2. The molecule has 2 N–H and O–H groups in total. The Bertz CT molecular complexity index is 972. The maximum Gasteiger partial charge on any atom is 0.240 e. The molecule has 1 heterocycles. The number of thioether (sulfide) groups is 1. The number of amidine groups is 1. The van der Waals surface area contributed by atoms with Crippen molar-refractivity contribution in [3.8, 4) is 0 Å². The molecule has 0 spiro atoms. The van der Waals surface area contributed by atoms with Crippen molar-refractivity contribution < 1.29 is 9.59 Å². The van der Waals surface area contributed by atoms with E-state index in [9.17, 15) is 9.59 Å². The van der Waals surface area contributed by atoms with Crippen molar-refractivity contribution in [2.24, 2.45) is 10.2 Å². The SMILES string of the molecule is CC(/C=N\N=C1/NC(=O)C(CC(=O)Nc2ccc(Cl)cc2)S1)=C/c1ccccc1. The minimum absolute atomic E-state index is 0.0365. The second-order valence-electron chi connectivity index (χ2n) is 6.30. The summed E-state index contributed by atoms with van der Waals surface area (Å²) >= 11 is 7.02. The molecule has 3 rings (SSSR count). The number of rotatable bonds is 6. The topological polar surface area (TPSA) is 82.9 Å². The highest BCUT2D eigenvalue weighted by Crippen LogP contribution is 2.23. The lowest BCUT2D eigenvalue weighted by Crippen LogP contribution is -2.28. The molecule has 1 unspecified atom stereocenters. The molecule has 1 saturated heterocycles. The van der Waals surface area contributed by atoms with E-state index in [0.29, 0.717) is 15.9 Å². The van der Waals surface area contributed by atoms with Crippen LogP contribution in [0.1, 0.15) is 18.9 Å². The summed E-state index contributed by atoms with van der Waals surface area (Å²) in [7, 11) is 0. The zero-order valence-corrected chi connectivity index (χ0v) is 17.2. The molecule has 0 saturated carbocycles. The molecule has 29 heavy (non-hydrogen) atoms. The number of benzene rings is 2. The van der Waals surface area contributed by atoms with Crippen molar-refractivity contribution in [1.82, 2.24) is 5.32 Å². The molecule has 0 bridgehead atoms. The second kappa shape index (κ2) is 10.0. The van der Waals surface area contributed by atoms with Crippen molar-refractivity contribution in [1.29, 1.82) is 0 Å². The molecule has 0 aromatic heterocycles. The minimum atomic E-state index is -0.544. The molecule has 2 amide bonds. The van der Waals surface area contributed by atoms with Gasteiger partial charge in [0.05, 0.1) is 6.21 Å². The molecule has 8 heteroatoms. The van der Waals surface area contributed by atoms with Crippen molar-refractivity contribution in [2.45, 2.75) is 18.6 Å². The van der Waals surface area contributed by atoms with Gasteiger partial charge in [0.2, 0.25) is 11.8 Å². The first-order valence-electron chi connectivity index (χ1n) is 8.87.